The van der Waals surface area contributed by atoms with Crippen molar-refractivity contribution in [2.24, 2.45) is 0 Å². The van der Waals surface area contributed by atoms with Crippen LogP contribution in [-0.2, 0) is 9.53 Å². The number of carbonyl (C=O) groups excluding carboxylic acids is 1. The van der Waals surface area contributed by atoms with Crippen LogP contribution < -0.4 is 0 Å². The number of ether oxygens (including phenoxy) is 1. The van der Waals surface area contributed by atoms with Crippen LogP contribution in [0.1, 0.15) is 30.0 Å². The Hall–Kier alpha value is -2.59. The van der Waals surface area contributed by atoms with Gasteiger partial charge >= 0.3 is 0 Å². The van der Waals surface area contributed by atoms with Gasteiger partial charge in [0.05, 0.1) is 18.3 Å². The molecule has 1 aromatic heterocycles. The van der Waals surface area contributed by atoms with Gasteiger partial charge in [0.15, 0.2) is 0 Å². The number of carbonyl (C=O) groups is 1. The molecule has 1 aliphatic heterocycles. The Balaban J connectivity index is 1.86. The maximum atomic E-state index is 12.5. The van der Waals surface area contributed by atoms with Crippen LogP contribution in [0, 0.1) is 6.92 Å². The van der Waals surface area contributed by atoms with Crippen LogP contribution >= 0.6 is 0 Å². The van der Waals surface area contributed by atoms with Gasteiger partial charge in [0.2, 0.25) is 5.91 Å². The molecule has 2 heterocycles. The minimum atomic E-state index is 0.0881. The fourth-order valence-corrected chi connectivity index (χ4v) is 3.96. The highest BCUT2D eigenvalue weighted by Crippen LogP contribution is 2.42. The molecular formula is C22H24N2O2. The number of aromatic nitrogens is 1. The van der Waals surface area contributed by atoms with E-state index in [0.29, 0.717) is 19.6 Å². The summed E-state index contributed by atoms with van der Waals surface area (Å²) >= 11 is 0. The van der Waals surface area contributed by atoms with E-state index in [-0.39, 0.29) is 11.9 Å². The number of methoxy groups -OCH3 is 1. The second kappa shape index (κ2) is 6.96. The number of hydrogen-bond donors (Lipinski definition) is 1. The molecule has 1 aliphatic rings. The lowest BCUT2D eigenvalue weighted by Crippen LogP contribution is -2.31. The Morgan fingerprint density at radius 2 is 1.92 bits per heavy atom. The molecule has 2 aromatic carbocycles. The van der Waals surface area contributed by atoms with Gasteiger partial charge in [-0.1, -0.05) is 48.0 Å². The first kappa shape index (κ1) is 16.9. The van der Waals surface area contributed by atoms with Gasteiger partial charge in [0.25, 0.3) is 0 Å². The number of para-hydroxylation sites is 1. The monoisotopic (exact) mass is 348 g/mol. The molecule has 26 heavy (non-hydrogen) atoms. The van der Waals surface area contributed by atoms with Crippen molar-refractivity contribution in [1.82, 2.24) is 9.88 Å². The zero-order chi connectivity index (χ0) is 18.1. The van der Waals surface area contributed by atoms with Crippen LogP contribution in [0.5, 0.6) is 0 Å². The van der Waals surface area contributed by atoms with Gasteiger partial charge < -0.3 is 14.6 Å². The van der Waals surface area contributed by atoms with E-state index < -0.39 is 0 Å². The average Bonchev–Trinajstić information content (AvgIpc) is 3.21. The maximum absolute atomic E-state index is 12.5. The summed E-state index contributed by atoms with van der Waals surface area (Å²) in [5.41, 5.74) is 5.86. The predicted molar refractivity (Wildman–Crippen MR) is 104 cm³/mol. The zero-order valence-corrected chi connectivity index (χ0v) is 15.3. The normalized spacial score (nSPS) is 17.4. The summed E-state index contributed by atoms with van der Waals surface area (Å²) < 4.78 is 5.23. The van der Waals surface area contributed by atoms with Crippen molar-refractivity contribution in [2.75, 3.05) is 20.3 Å². The van der Waals surface area contributed by atoms with Gasteiger partial charge in [0.1, 0.15) is 0 Å². The summed E-state index contributed by atoms with van der Waals surface area (Å²) in [7, 11) is 1.68. The number of likely N-dealkylation sites (tertiary alicyclic amines) is 1. The number of nitrogens with zero attached hydrogens (tertiary/aromatic N) is 1. The molecule has 0 aliphatic carbocycles. The van der Waals surface area contributed by atoms with Crippen LogP contribution in [-0.4, -0.2) is 36.1 Å². The summed E-state index contributed by atoms with van der Waals surface area (Å²) in [4.78, 5) is 18.1. The lowest BCUT2D eigenvalue weighted by atomic mass is 9.96. The van der Waals surface area contributed by atoms with Crippen molar-refractivity contribution in [1.29, 1.82) is 0 Å². The van der Waals surface area contributed by atoms with Gasteiger partial charge in [-0.15, -0.1) is 0 Å². The van der Waals surface area contributed by atoms with E-state index in [1.807, 2.05) is 11.0 Å². The Bertz CT molecular complexity index is 927. The van der Waals surface area contributed by atoms with Crippen LogP contribution in [0.25, 0.3) is 22.2 Å². The summed E-state index contributed by atoms with van der Waals surface area (Å²) in [6, 6.07) is 17.0. The molecule has 4 rings (SSSR count). The topological polar surface area (TPSA) is 45.3 Å². The molecule has 1 atom stereocenters. The standard InChI is InChI=1S/C22H24N2O2/c1-15-7-9-16(10-8-15)22-21(17-5-3-4-6-18(17)23-22)19-11-12-20(25)24(19)13-14-26-2/h3-10,19,23H,11-14H2,1-2H3. The van der Waals surface area contributed by atoms with E-state index in [2.05, 4.69) is 54.4 Å². The average molecular weight is 348 g/mol. The van der Waals surface area contributed by atoms with Gasteiger partial charge in [-0.05, 0) is 25.0 Å². The number of aryl methyl sites for hydroxylation is 1. The fourth-order valence-electron chi connectivity index (χ4n) is 3.96. The number of fused-ring (bicyclic) bond motifs is 1. The van der Waals surface area contributed by atoms with E-state index in [1.165, 1.54) is 16.5 Å². The van der Waals surface area contributed by atoms with Crippen molar-refractivity contribution >= 4 is 16.8 Å². The van der Waals surface area contributed by atoms with Crippen LogP contribution in [0.4, 0.5) is 0 Å². The highest BCUT2D eigenvalue weighted by atomic mass is 16.5. The van der Waals surface area contributed by atoms with E-state index >= 15 is 0 Å². The third kappa shape index (κ3) is 2.90. The third-order valence-electron chi connectivity index (χ3n) is 5.28. The Morgan fingerprint density at radius 1 is 1.15 bits per heavy atom. The molecule has 1 amide bonds. The van der Waals surface area contributed by atoms with Gasteiger partial charge in [-0.2, -0.15) is 0 Å². The van der Waals surface area contributed by atoms with Gasteiger partial charge in [-0.3, -0.25) is 4.79 Å². The molecular weight excluding hydrogens is 324 g/mol. The molecule has 1 N–H and O–H groups in total. The van der Waals surface area contributed by atoms with Gasteiger partial charge in [0, 0.05) is 36.5 Å². The first-order chi connectivity index (χ1) is 12.7. The molecule has 1 fully saturated rings. The largest absolute Gasteiger partial charge is 0.383 e. The summed E-state index contributed by atoms with van der Waals surface area (Å²) in [6.45, 7) is 3.29. The first-order valence-corrected chi connectivity index (χ1v) is 9.15. The maximum Gasteiger partial charge on any atom is 0.223 e. The van der Waals surface area contributed by atoms with Crippen LogP contribution in [0.2, 0.25) is 0 Å². The molecule has 4 heteroatoms. The lowest BCUT2D eigenvalue weighted by Gasteiger charge is -2.25. The molecule has 4 nitrogen and oxygen atoms in total. The Morgan fingerprint density at radius 3 is 2.69 bits per heavy atom. The minimum absolute atomic E-state index is 0.0881. The second-order valence-corrected chi connectivity index (χ2v) is 6.96. The molecule has 1 unspecified atom stereocenters. The number of aromatic amines is 1. The quantitative estimate of drug-likeness (QED) is 0.740. The number of hydrogen-bond acceptors (Lipinski definition) is 2. The fraction of sp³-hybridized carbons (Fsp3) is 0.318. The first-order valence-electron chi connectivity index (χ1n) is 9.15. The van der Waals surface area contributed by atoms with Gasteiger partial charge in [-0.25, -0.2) is 0 Å². The molecule has 0 saturated carbocycles. The summed E-state index contributed by atoms with van der Waals surface area (Å²) in [5, 5.41) is 1.20. The van der Waals surface area contributed by atoms with E-state index in [9.17, 15) is 4.79 Å². The number of benzene rings is 2. The summed E-state index contributed by atoms with van der Waals surface area (Å²) in [5.74, 6) is 0.215. The van der Waals surface area contributed by atoms with E-state index in [4.69, 9.17) is 4.74 Å². The third-order valence-corrected chi connectivity index (χ3v) is 5.28. The highest BCUT2D eigenvalue weighted by molar-refractivity contribution is 5.92. The lowest BCUT2D eigenvalue weighted by molar-refractivity contribution is -0.129. The number of nitrogens with one attached hydrogen (secondary N) is 1. The smallest absolute Gasteiger partial charge is 0.223 e. The number of rotatable bonds is 5. The minimum Gasteiger partial charge on any atom is -0.383 e. The van der Waals surface area contributed by atoms with Crippen molar-refractivity contribution in [3.05, 3.63) is 59.7 Å². The zero-order valence-electron chi connectivity index (χ0n) is 15.3. The molecule has 0 bridgehead atoms. The second-order valence-electron chi connectivity index (χ2n) is 6.96. The Kier molecular flexibility index (Phi) is 4.51. The summed E-state index contributed by atoms with van der Waals surface area (Å²) in [6.07, 6.45) is 1.45. The highest BCUT2D eigenvalue weighted by Gasteiger charge is 2.35. The number of amides is 1. The molecule has 1 saturated heterocycles. The predicted octanol–water partition coefficient (Wildman–Crippen LogP) is 4.45. The van der Waals surface area contributed by atoms with Crippen molar-refractivity contribution in [3.63, 3.8) is 0 Å². The van der Waals surface area contributed by atoms with Crippen LogP contribution in [0.3, 0.4) is 0 Å². The van der Waals surface area contributed by atoms with Crippen molar-refractivity contribution in [2.45, 2.75) is 25.8 Å². The Labute approximate surface area is 153 Å². The molecule has 3 aromatic rings. The van der Waals surface area contributed by atoms with Crippen molar-refractivity contribution < 1.29 is 9.53 Å². The van der Waals surface area contributed by atoms with E-state index in [0.717, 1.165) is 23.2 Å². The van der Waals surface area contributed by atoms with Crippen molar-refractivity contribution in [3.8, 4) is 11.3 Å². The van der Waals surface area contributed by atoms with E-state index in [1.54, 1.807) is 7.11 Å². The molecule has 0 radical (unpaired) electrons. The molecule has 134 valence electrons. The molecule has 0 spiro atoms. The number of H-pyrrole nitrogens is 1. The van der Waals surface area contributed by atoms with Crippen LogP contribution in [0.15, 0.2) is 48.5 Å². The SMILES string of the molecule is COCCN1C(=O)CCC1c1c(-c2ccc(C)cc2)[nH]c2ccccc12.